The minimum absolute atomic E-state index is 0.0202. The van der Waals surface area contributed by atoms with Crippen molar-refractivity contribution in [1.82, 2.24) is 9.88 Å². The van der Waals surface area contributed by atoms with Crippen LogP contribution in [0, 0.1) is 5.92 Å². The first-order chi connectivity index (χ1) is 15.4. The van der Waals surface area contributed by atoms with Gasteiger partial charge in [0.15, 0.2) is 0 Å². The zero-order valence-corrected chi connectivity index (χ0v) is 19.3. The molecule has 1 aromatic heterocycles. The van der Waals surface area contributed by atoms with Gasteiger partial charge in [-0.2, -0.15) is 0 Å². The molecule has 2 fully saturated rings. The van der Waals surface area contributed by atoms with E-state index < -0.39 is 0 Å². The third kappa shape index (κ3) is 5.13. The van der Waals surface area contributed by atoms with Crippen LogP contribution in [-0.2, 0) is 10.2 Å². The summed E-state index contributed by atoms with van der Waals surface area (Å²) in [6.45, 7) is 2.81. The fourth-order valence-corrected chi connectivity index (χ4v) is 5.00. The maximum Gasteiger partial charge on any atom is 0.255 e. The smallest absolute Gasteiger partial charge is 0.255 e. The molecule has 2 aromatic rings. The Hall–Kier alpha value is -2.44. The number of nitrogens with zero attached hydrogens (tertiary/aromatic N) is 2. The Kier molecular flexibility index (Phi) is 6.82. The van der Waals surface area contributed by atoms with Gasteiger partial charge in [0.1, 0.15) is 5.82 Å². The van der Waals surface area contributed by atoms with E-state index >= 15 is 0 Å². The lowest BCUT2D eigenvalue weighted by Gasteiger charge is -2.43. The Labute approximate surface area is 194 Å². The number of hydrogen-bond acceptors (Lipinski definition) is 4. The summed E-state index contributed by atoms with van der Waals surface area (Å²) in [5.74, 6) is 0.887. The highest BCUT2D eigenvalue weighted by Gasteiger charge is 2.40. The first-order valence-corrected chi connectivity index (χ1v) is 11.8. The average molecular weight is 455 g/mol. The van der Waals surface area contributed by atoms with Crippen LogP contribution >= 0.6 is 11.6 Å². The van der Waals surface area contributed by atoms with E-state index in [0.29, 0.717) is 23.8 Å². The van der Waals surface area contributed by atoms with E-state index in [-0.39, 0.29) is 23.3 Å². The lowest BCUT2D eigenvalue weighted by molar-refractivity contribution is -0.114. The third-order valence-electron chi connectivity index (χ3n) is 6.91. The van der Waals surface area contributed by atoms with Gasteiger partial charge in [0.25, 0.3) is 5.91 Å². The molecule has 0 aliphatic heterocycles. The molecule has 2 saturated carbocycles. The molecule has 3 N–H and O–H groups in total. The Morgan fingerprint density at radius 2 is 1.94 bits per heavy atom. The summed E-state index contributed by atoms with van der Waals surface area (Å²) >= 11 is 6.25. The molecule has 32 heavy (non-hydrogen) atoms. The number of carbonyl (C=O) groups is 2. The van der Waals surface area contributed by atoms with Crippen molar-refractivity contribution in [3.05, 3.63) is 58.7 Å². The molecular weight excluding hydrogens is 424 g/mol. The second-order valence-corrected chi connectivity index (χ2v) is 9.68. The SMILES string of the molecule is CC(=O)Nc1ccc(C(=O)N(CC2CC2)[C@H]2CC[C@](CN)(c3cccc(Cl)c3)CC2)cn1. The van der Waals surface area contributed by atoms with Crippen molar-refractivity contribution in [2.24, 2.45) is 11.7 Å². The van der Waals surface area contributed by atoms with Gasteiger partial charge in [-0.1, -0.05) is 23.7 Å². The van der Waals surface area contributed by atoms with Crippen LogP contribution in [0.2, 0.25) is 5.02 Å². The molecule has 0 spiro atoms. The van der Waals surface area contributed by atoms with Crippen LogP contribution in [0.4, 0.5) is 5.82 Å². The fourth-order valence-electron chi connectivity index (χ4n) is 4.81. The number of carbonyl (C=O) groups excluding carboxylic acids is 2. The van der Waals surface area contributed by atoms with Crippen molar-refractivity contribution >= 4 is 29.2 Å². The van der Waals surface area contributed by atoms with E-state index in [0.717, 1.165) is 37.3 Å². The number of nitrogens with one attached hydrogen (secondary N) is 1. The summed E-state index contributed by atoms with van der Waals surface area (Å²) in [7, 11) is 0. The van der Waals surface area contributed by atoms with Crippen LogP contribution < -0.4 is 11.1 Å². The molecule has 0 unspecified atom stereocenters. The number of benzene rings is 1. The standard InChI is InChI=1S/C25H31ClN4O2/c1-17(31)29-23-8-7-19(14-28-23)24(32)30(15-18-5-6-18)22-9-11-25(16-27,12-10-22)20-3-2-4-21(26)13-20/h2-4,7-8,13-14,18,22H,5-6,9-12,15-16,27H2,1H3,(H,28,29,31)/t22-,25-. The Morgan fingerprint density at radius 3 is 2.50 bits per heavy atom. The quantitative estimate of drug-likeness (QED) is 0.649. The molecule has 2 amide bonds. The molecule has 4 rings (SSSR count). The zero-order valence-electron chi connectivity index (χ0n) is 18.5. The van der Waals surface area contributed by atoms with Gasteiger partial charge in [-0.3, -0.25) is 9.59 Å². The van der Waals surface area contributed by atoms with Gasteiger partial charge >= 0.3 is 0 Å². The van der Waals surface area contributed by atoms with Gasteiger partial charge in [-0.15, -0.1) is 0 Å². The number of rotatable bonds is 7. The Morgan fingerprint density at radius 1 is 1.19 bits per heavy atom. The predicted molar refractivity (Wildman–Crippen MR) is 127 cm³/mol. The number of aromatic nitrogens is 1. The zero-order chi connectivity index (χ0) is 22.7. The molecule has 6 nitrogen and oxygen atoms in total. The molecule has 2 aliphatic carbocycles. The normalized spacial score (nSPS) is 22.9. The minimum Gasteiger partial charge on any atom is -0.335 e. The van der Waals surface area contributed by atoms with Crippen molar-refractivity contribution < 1.29 is 9.59 Å². The molecule has 1 aromatic carbocycles. The van der Waals surface area contributed by atoms with Crippen molar-refractivity contribution in [2.75, 3.05) is 18.4 Å². The highest BCUT2D eigenvalue weighted by Crippen LogP contribution is 2.42. The van der Waals surface area contributed by atoms with Crippen molar-refractivity contribution in [3.8, 4) is 0 Å². The minimum atomic E-state index is -0.183. The lowest BCUT2D eigenvalue weighted by Crippen LogP contribution is -2.48. The predicted octanol–water partition coefficient (Wildman–Crippen LogP) is 4.38. The maximum absolute atomic E-state index is 13.4. The van der Waals surface area contributed by atoms with E-state index in [9.17, 15) is 9.59 Å². The summed E-state index contributed by atoms with van der Waals surface area (Å²) in [4.78, 5) is 31.0. The van der Waals surface area contributed by atoms with Gasteiger partial charge in [0, 0.05) is 42.7 Å². The van der Waals surface area contributed by atoms with Crippen LogP contribution in [0.3, 0.4) is 0 Å². The maximum atomic E-state index is 13.4. The highest BCUT2D eigenvalue weighted by atomic mass is 35.5. The van der Waals surface area contributed by atoms with Crippen LogP contribution in [0.25, 0.3) is 0 Å². The van der Waals surface area contributed by atoms with Crippen LogP contribution in [0.5, 0.6) is 0 Å². The first-order valence-electron chi connectivity index (χ1n) is 11.4. The topological polar surface area (TPSA) is 88.3 Å². The van der Waals surface area contributed by atoms with Gasteiger partial charge in [-0.25, -0.2) is 4.98 Å². The van der Waals surface area contributed by atoms with E-state index in [1.54, 1.807) is 18.3 Å². The summed E-state index contributed by atoms with van der Waals surface area (Å²) in [5.41, 5.74) is 7.94. The van der Waals surface area contributed by atoms with E-state index in [2.05, 4.69) is 21.3 Å². The largest absolute Gasteiger partial charge is 0.335 e. The molecule has 0 bridgehead atoms. The van der Waals surface area contributed by atoms with Crippen LogP contribution in [0.15, 0.2) is 42.6 Å². The third-order valence-corrected chi connectivity index (χ3v) is 7.14. The molecule has 1 heterocycles. The number of halogens is 1. The number of anilines is 1. The number of hydrogen-bond donors (Lipinski definition) is 2. The summed E-state index contributed by atoms with van der Waals surface area (Å²) < 4.78 is 0. The van der Waals surface area contributed by atoms with Crippen LogP contribution in [0.1, 0.15) is 61.4 Å². The molecule has 7 heteroatoms. The van der Waals surface area contributed by atoms with E-state index in [1.807, 2.05) is 18.2 Å². The van der Waals surface area contributed by atoms with Crippen molar-refractivity contribution in [2.45, 2.75) is 56.9 Å². The molecule has 0 saturated heterocycles. The summed E-state index contributed by atoms with van der Waals surface area (Å²) in [6.07, 6.45) is 7.63. The lowest BCUT2D eigenvalue weighted by atomic mass is 9.68. The molecular formula is C25H31ClN4O2. The second-order valence-electron chi connectivity index (χ2n) is 9.24. The second kappa shape index (κ2) is 9.59. The van der Waals surface area contributed by atoms with Gasteiger partial charge < -0.3 is 16.0 Å². The Balaban J connectivity index is 1.49. The van der Waals surface area contributed by atoms with Gasteiger partial charge in [-0.05, 0) is 74.3 Å². The first kappa shape index (κ1) is 22.7. The number of nitrogens with two attached hydrogens (primary N) is 1. The monoisotopic (exact) mass is 454 g/mol. The average Bonchev–Trinajstić information content (AvgIpc) is 3.62. The van der Waals surface area contributed by atoms with E-state index in [1.165, 1.54) is 25.3 Å². The molecule has 0 radical (unpaired) electrons. The van der Waals surface area contributed by atoms with Crippen LogP contribution in [-0.4, -0.2) is 40.8 Å². The van der Waals surface area contributed by atoms with Gasteiger partial charge in [0.2, 0.25) is 5.91 Å². The van der Waals surface area contributed by atoms with Crippen molar-refractivity contribution in [1.29, 1.82) is 0 Å². The number of pyridine rings is 1. The summed E-state index contributed by atoms with van der Waals surface area (Å²) in [5, 5.41) is 3.38. The molecule has 2 aliphatic rings. The summed E-state index contributed by atoms with van der Waals surface area (Å²) in [6, 6.07) is 11.7. The van der Waals surface area contributed by atoms with E-state index in [4.69, 9.17) is 17.3 Å². The highest BCUT2D eigenvalue weighted by molar-refractivity contribution is 6.30. The van der Waals surface area contributed by atoms with Crippen molar-refractivity contribution in [3.63, 3.8) is 0 Å². The molecule has 170 valence electrons. The Bertz CT molecular complexity index is 966. The van der Waals surface area contributed by atoms with Gasteiger partial charge in [0.05, 0.1) is 5.56 Å². The fraction of sp³-hybridized carbons (Fsp3) is 0.480. The number of amides is 2. The molecule has 0 atom stereocenters.